The Kier molecular flexibility index (Phi) is 3.47. The van der Waals surface area contributed by atoms with E-state index in [2.05, 4.69) is 9.71 Å². The second-order valence-corrected chi connectivity index (χ2v) is 6.68. The molecule has 1 aromatic carbocycles. The average Bonchev–Trinajstić information content (AvgIpc) is 2.47. The van der Waals surface area contributed by atoms with Crippen molar-refractivity contribution < 1.29 is 13.2 Å². The van der Waals surface area contributed by atoms with E-state index in [1.807, 2.05) is 0 Å². The first-order chi connectivity index (χ1) is 10.0. The molecule has 5 nitrogen and oxygen atoms in total. The fourth-order valence-electron chi connectivity index (χ4n) is 2.39. The predicted octanol–water partition coefficient (Wildman–Crippen LogP) is 1.94. The number of ketones is 1. The largest absolute Gasteiger partial charge is 0.299 e. The number of benzene rings is 1. The molecule has 1 heterocycles. The van der Waals surface area contributed by atoms with Gasteiger partial charge in [-0.15, -0.1) is 0 Å². The Morgan fingerprint density at radius 2 is 1.95 bits per heavy atom. The van der Waals surface area contributed by atoms with Crippen molar-refractivity contribution in [1.29, 1.82) is 0 Å². The molecule has 1 aromatic heterocycles. The van der Waals surface area contributed by atoms with Crippen molar-refractivity contribution in [2.45, 2.75) is 24.2 Å². The smallest absolute Gasteiger partial charge is 0.261 e. The second-order valence-electron chi connectivity index (χ2n) is 4.99. The molecule has 6 heteroatoms. The third-order valence-corrected chi connectivity index (χ3v) is 4.84. The van der Waals surface area contributed by atoms with Crippen LogP contribution in [0, 0.1) is 0 Å². The second kappa shape index (κ2) is 5.29. The predicted molar refractivity (Wildman–Crippen MR) is 78.5 cm³/mol. The number of anilines is 1. The molecule has 0 aliphatic heterocycles. The highest BCUT2D eigenvalue weighted by molar-refractivity contribution is 7.92. The van der Waals surface area contributed by atoms with Gasteiger partial charge in [0, 0.05) is 19.0 Å². The summed E-state index contributed by atoms with van der Waals surface area (Å²) in [5.74, 6) is 0.201. The van der Waals surface area contributed by atoms with Gasteiger partial charge in [0.25, 0.3) is 10.0 Å². The van der Waals surface area contributed by atoms with Crippen molar-refractivity contribution in [3.05, 3.63) is 53.9 Å². The summed E-state index contributed by atoms with van der Waals surface area (Å²) in [4.78, 5) is 15.5. The molecule has 0 amide bonds. The van der Waals surface area contributed by atoms with Crippen molar-refractivity contribution >= 4 is 21.5 Å². The third kappa shape index (κ3) is 2.95. The van der Waals surface area contributed by atoms with E-state index in [0.29, 0.717) is 24.9 Å². The molecule has 1 aliphatic rings. The molecule has 0 saturated carbocycles. The zero-order valence-corrected chi connectivity index (χ0v) is 12.1. The number of aromatic nitrogens is 1. The average molecular weight is 302 g/mol. The molecule has 3 rings (SSSR count). The molecule has 2 aromatic rings. The van der Waals surface area contributed by atoms with E-state index in [1.54, 1.807) is 30.5 Å². The fraction of sp³-hybridized carbons (Fsp3) is 0.200. The van der Waals surface area contributed by atoms with Gasteiger partial charge in [0.15, 0.2) is 0 Å². The van der Waals surface area contributed by atoms with Crippen molar-refractivity contribution in [3.63, 3.8) is 0 Å². The highest BCUT2D eigenvalue weighted by Gasteiger charge is 2.20. The van der Waals surface area contributed by atoms with Crippen LogP contribution in [0.4, 0.5) is 5.69 Å². The number of sulfonamides is 1. The van der Waals surface area contributed by atoms with E-state index >= 15 is 0 Å². The van der Waals surface area contributed by atoms with E-state index in [4.69, 9.17) is 0 Å². The van der Waals surface area contributed by atoms with Gasteiger partial charge in [0.05, 0.1) is 16.8 Å². The molecule has 1 N–H and O–H groups in total. The highest BCUT2D eigenvalue weighted by Crippen LogP contribution is 2.23. The van der Waals surface area contributed by atoms with Gasteiger partial charge in [0.2, 0.25) is 0 Å². The molecule has 108 valence electrons. The maximum Gasteiger partial charge on any atom is 0.261 e. The molecular weight excluding hydrogens is 288 g/mol. The maximum atomic E-state index is 12.3. The normalized spacial score (nSPS) is 14.6. The number of carbonyl (C=O) groups is 1. The fourth-order valence-corrected chi connectivity index (χ4v) is 3.48. The lowest BCUT2D eigenvalue weighted by Gasteiger charge is -2.16. The van der Waals surface area contributed by atoms with Gasteiger partial charge in [-0.05, 0) is 41.8 Å². The lowest BCUT2D eigenvalue weighted by Crippen LogP contribution is -2.16. The minimum Gasteiger partial charge on any atom is -0.299 e. The molecule has 0 fully saturated rings. The van der Waals surface area contributed by atoms with Crippen LogP contribution in [0.25, 0.3) is 0 Å². The first-order valence-corrected chi connectivity index (χ1v) is 8.09. The van der Waals surface area contributed by atoms with Gasteiger partial charge in [-0.1, -0.05) is 6.07 Å². The number of nitrogens with one attached hydrogen (secondary N) is 1. The van der Waals surface area contributed by atoms with E-state index in [-0.39, 0.29) is 10.7 Å². The van der Waals surface area contributed by atoms with Gasteiger partial charge in [-0.2, -0.15) is 0 Å². The Morgan fingerprint density at radius 1 is 1.10 bits per heavy atom. The van der Waals surface area contributed by atoms with Gasteiger partial charge in [-0.25, -0.2) is 8.42 Å². The quantitative estimate of drug-likeness (QED) is 0.940. The number of carbonyl (C=O) groups excluding carboxylic acids is 1. The number of fused-ring (bicyclic) bond motifs is 1. The number of nitrogens with zero attached hydrogens (tertiary/aromatic N) is 1. The van der Waals surface area contributed by atoms with E-state index in [1.165, 1.54) is 12.3 Å². The molecule has 1 aliphatic carbocycles. The minimum atomic E-state index is -3.64. The van der Waals surface area contributed by atoms with Crippen molar-refractivity contribution in [1.82, 2.24) is 4.98 Å². The van der Waals surface area contributed by atoms with Crippen LogP contribution in [-0.4, -0.2) is 19.2 Å². The SMILES string of the molecule is O=C1CCc2cc(S(=O)(=O)Nc3cccnc3)ccc2C1. The van der Waals surface area contributed by atoms with Crippen LogP contribution in [-0.2, 0) is 27.7 Å². The Bertz CT molecular complexity index is 786. The van der Waals surface area contributed by atoms with Gasteiger partial charge in [0.1, 0.15) is 5.78 Å². The lowest BCUT2D eigenvalue weighted by atomic mass is 9.91. The summed E-state index contributed by atoms with van der Waals surface area (Å²) in [7, 11) is -3.64. The zero-order chi connectivity index (χ0) is 14.9. The highest BCUT2D eigenvalue weighted by atomic mass is 32.2. The molecule has 0 radical (unpaired) electrons. The van der Waals surface area contributed by atoms with Crippen LogP contribution in [0.5, 0.6) is 0 Å². The summed E-state index contributed by atoms with van der Waals surface area (Å²) >= 11 is 0. The van der Waals surface area contributed by atoms with Gasteiger partial charge < -0.3 is 0 Å². The van der Waals surface area contributed by atoms with Crippen molar-refractivity contribution in [2.24, 2.45) is 0 Å². The lowest BCUT2D eigenvalue weighted by molar-refractivity contribution is -0.118. The maximum absolute atomic E-state index is 12.3. The van der Waals surface area contributed by atoms with Gasteiger partial charge in [-0.3, -0.25) is 14.5 Å². The van der Waals surface area contributed by atoms with Crippen LogP contribution >= 0.6 is 0 Å². The van der Waals surface area contributed by atoms with Gasteiger partial charge >= 0.3 is 0 Å². The topological polar surface area (TPSA) is 76.1 Å². The Hall–Kier alpha value is -2.21. The summed E-state index contributed by atoms with van der Waals surface area (Å²) in [6.45, 7) is 0. The van der Waals surface area contributed by atoms with Crippen LogP contribution < -0.4 is 4.72 Å². The molecular formula is C15H14N2O3S. The summed E-state index contributed by atoms with van der Waals surface area (Å²) in [5.41, 5.74) is 2.28. The summed E-state index contributed by atoms with van der Waals surface area (Å²) in [5, 5.41) is 0. The number of aryl methyl sites for hydroxylation is 1. The summed E-state index contributed by atoms with van der Waals surface area (Å²) in [6, 6.07) is 8.22. The molecule has 0 atom stereocenters. The number of Topliss-reactive ketones (excluding diaryl/α,β-unsaturated/α-hetero) is 1. The number of hydrogen-bond donors (Lipinski definition) is 1. The van der Waals surface area contributed by atoms with Crippen molar-refractivity contribution in [3.8, 4) is 0 Å². The molecule has 0 unspecified atom stereocenters. The number of pyridine rings is 1. The first-order valence-electron chi connectivity index (χ1n) is 6.61. The van der Waals surface area contributed by atoms with Crippen LogP contribution in [0.3, 0.4) is 0 Å². The van der Waals surface area contributed by atoms with Crippen LogP contribution in [0.15, 0.2) is 47.6 Å². The Morgan fingerprint density at radius 3 is 2.71 bits per heavy atom. The van der Waals surface area contributed by atoms with Crippen LogP contribution in [0.2, 0.25) is 0 Å². The minimum absolute atomic E-state index is 0.201. The van der Waals surface area contributed by atoms with E-state index in [0.717, 1.165) is 11.1 Å². The molecule has 0 spiro atoms. The first kappa shape index (κ1) is 13.8. The van der Waals surface area contributed by atoms with Crippen LogP contribution in [0.1, 0.15) is 17.5 Å². The number of rotatable bonds is 3. The van der Waals surface area contributed by atoms with E-state index < -0.39 is 10.0 Å². The third-order valence-electron chi connectivity index (χ3n) is 3.46. The molecule has 0 bridgehead atoms. The number of hydrogen-bond acceptors (Lipinski definition) is 4. The Balaban J connectivity index is 1.91. The standard InChI is InChI=1S/C15H14N2O3S/c18-14-5-3-12-9-15(6-4-11(12)8-14)21(19,20)17-13-2-1-7-16-10-13/h1-2,4,6-7,9-10,17H,3,5,8H2. The van der Waals surface area contributed by atoms with E-state index in [9.17, 15) is 13.2 Å². The molecule has 21 heavy (non-hydrogen) atoms. The summed E-state index contributed by atoms with van der Waals surface area (Å²) in [6.07, 6.45) is 4.50. The molecule has 0 saturated heterocycles. The summed E-state index contributed by atoms with van der Waals surface area (Å²) < 4.78 is 27.2. The monoisotopic (exact) mass is 302 g/mol. The zero-order valence-electron chi connectivity index (χ0n) is 11.2. The Labute approximate surface area is 123 Å². The van der Waals surface area contributed by atoms with Crippen molar-refractivity contribution in [2.75, 3.05) is 4.72 Å².